The fraction of sp³-hybridized carbons (Fsp3) is 0.429. The largest absolute Gasteiger partial charge is 0.468 e. The predicted octanol–water partition coefficient (Wildman–Crippen LogP) is 2.96. The third kappa shape index (κ3) is 1.90. The Balaban J connectivity index is 1.89. The molecule has 0 amide bonds. The molecule has 2 atom stereocenters. The van der Waals surface area contributed by atoms with Gasteiger partial charge in [0, 0.05) is 24.0 Å². The van der Waals surface area contributed by atoms with Crippen LogP contribution in [-0.4, -0.2) is 18.0 Å². The van der Waals surface area contributed by atoms with Gasteiger partial charge in [0.25, 0.3) is 0 Å². The number of nitrogens with zero attached hydrogens (tertiary/aromatic N) is 1. The van der Waals surface area contributed by atoms with Gasteiger partial charge in [-0.15, -0.1) is 11.3 Å². The first-order chi connectivity index (χ1) is 8.81. The van der Waals surface area contributed by atoms with Crippen LogP contribution in [0.5, 0.6) is 0 Å². The van der Waals surface area contributed by atoms with Crippen LogP contribution in [0.4, 0.5) is 0 Å². The fourth-order valence-electron chi connectivity index (χ4n) is 2.85. The maximum Gasteiger partial charge on any atom is 0.122 e. The highest BCUT2D eigenvalue weighted by Crippen LogP contribution is 2.37. The van der Waals surface area contributed by atoms with Gasteiger partial charge in [-0.2, -0.15) is 0 Å². The van der Waals surface area contributed by atoms with E-state index in [0.717, 1.165) is 18.7 Å². The second kappa shape index (κ2) is 4.88. The second-order valence-corrected chi connectivity index (χ2v) is 5.73. The number of hydrogen-bond acceptors (Lipinski definition) is 4. The summed E-state index contributed by atoms with van der Waals surface area (Å²) in [6.07, 6.45) is 2.84. The lowest BCUT2D eigenvalue weighted by molar-refractivity contribution is 0.123. The molecule has 3 rings (SSSR count). The Labute approximate surface area is 111 Å². The van der Waals surface area contributed by atoms with Crippen molar-refractivity contribution in [2.75, 3.05) is 13.1 Å². The Hall–Kier alpha value is -1.10. The van der Waals surface area contributed by atoms with Gasteiger partial charge >= 0.3 is 0 Å². The average molecular weight is 262 g/mol. The Kier molecular flexibility index (Phi) is 3.24. The third-order valence-electron chi connectivity index (χ3n) is 3.82. The minimum absolute atomic E-state index is 0.183. The van der Waals surface area contributed by atoms with Crippen LogP contribution < -0.4 is 5.73 Å². The quantitative estimate of drug-likeness (QED) is 0.924. The first-order valence-electron chi connectivity index (χ1n) is 6.36. The van der Waals surface area contributed by atoms with Crippen molar-refractivity contribution in [1.82, 2.24) is 4.90 Å². The maximum absolute atomic E-state index is 5.95. The molecule has 0 fully saturated rings. The molecule has 18 heavy (non-hydrogen) atoms. The number of thiophene rings is 1. The van der Waals surface area contributed by atoms with E-state index >= 15 is 0 Å². The van der Waals surface area contributed by atoms with Gasteiger partial charge in [-0.1, -0.05) is 0 Å². The lowest BCUT2D eigenvalue weighted by atomic mass is 9.98. The molecule has 1 aliphatic heterocycles. The summed E-state index contributed by atoms with van der Waals surface area (Å²) in [7, 11) is 0. The normalized spacial score (nSPS) is 21.8. The van der Waals surface area contributed by atoms with E-state index in [4.69, 9.17) is 10.2 Å². The summed E-state index contributed by atoms with van der Waals surface area (Å²) >= 11 is 1.87. The molecule has 1 aliphatic rings. The molecule has 2 aromatic heterocycles. The SMILES string of the molecule is CC1c2ccsc2CCN1C(CN)c1ccco1. The topological polar surface area (TPSA) is 42.4 Å². The van der Waals surface area contributed by atoms with E-state index in [1.54, 1.807) is 6.26 Å². The van der Waals surface area contributed by atoms with Crippen LogP contribution in [0.3, 0.4) is 0 Å². The van der Waals surface area contributed by atoms with E-state index in [0.29, 0.717) is 12.6 Å². The molecule has 2 aromatic rings. The molecule has 0 bridgehead atoms. The van der Waals surface area contributed by atoms with Crippen molar-refractivity contribution in [1.29, 1.82) is 0 Å². The van der Waals surface area contributed by atoms with Gasteiger partial charge < -0.3 is 10.2 Å². The van der Waals surface area contributed by atoms with E-state index in [1.807, 2.05) is 23.5 Å². The molecule has 0 spiro atoms. The van der Waals surface area contributed by atoms with Crippen molar-refractivity contribution in [2.45, 2.75) is 25.4 Å². The molecule has 2 N–H and O–H groups in total. The zero-order valence-corrected chi connectivity index (χ0v) is 11.3. The number of nitrogens with two attached hydrogens (primary N) is 1. The fourth-order valence-corrected chi connectivity index (χ4v) is 3.81. The van der Waals surface area contributed by atoms with E-state index in [1.165, 1.54) is 10.4 Å². The van der Waals surface area contributed by atoms with E-state index < -0.39 is 0 Å². The van der Waals surface area contributed by atoms with Gasteiger partial charge in [0.1, 0.15) is 5.76 Å². The van der Waals surface area contributed by atoms with Crippen LogP contribution in [0.25, 0.3) is 0 Å². The summed E-state index contributed by atoms with van der Waals surface area (Å²) in [5, 5.41) is 2.19. The summed E-state index contributed by atoms with van der Waals surface area (Å²) in [6.45, 7) is 3.91. The third-order valence-corrected chi connectivity index (χ3v) is 4.82. The van der Waals surface area contributed by atoms with E-state index in [-0.39, 0.29) is 6.04 Å². The number of rotatable bonds is 3. The monoisotopic (exact) mass is 262 g/mol. The minimum Gasteiger partial charge on any atom is -0.468 e. The van der Waals surface area contributed by atoms with Gasteiger partial charge in [-0.05, 0) is 42.5 Å². The molecule has 96 valence electrons. The van der Waals surface area contributed by atoms with Crippen molar-refractivity contribution in [3.63, 3.8) is 0 Å². The standard InChI is InChI=1S/C14H18N2OS/c1-10-11-5-8-18-14(11)4-6-16(10)12(9-15)13-3-2-7-17-13/h2-3,5,7-8,10,12H,4,6,9,15H2,1H3. The Morgan fingerprint density at radius 1 is 1.56 bits per heavy atom. The summed E-state index contributed by atoms with van der Waals surface area (Å²) in [4.78, 5) is 3.97. The maximum atomic E-state index is 5.95. The van der Waals surface area contributed by atoms with Gasteiger partial charge in [-0.3, -0.25) is 4.90 Å². The van der Waals surface area contributed by atoms with Crippen molar-refractivity contribution < 1.29 is 4.42 Å². The van der Waals surface area contributed by atoms with E-state index in [9.17, 15) is 0 Å². The minimum atomic E-state index is 0.183. The van der Waals surface area contributed by atoms with Gasteiger partial charge in [0.2, 0.25) is 0 Å². The molecular formula is C14H18N2OS. The molecule has 0 aromatic carbocycles. The van der Waals surface area contributed by atoms with Crippen LogP contribution in [0.1, 0.15) is 35.2 Å². The average Bonchev–Trinajstić information content (AvgIpc) is 3.03. The zero-order chi connectivity index (χ0) is 12.5. The lowest BCUT2D eigenvalue weighted by Gasteiger charge is -2.38. The highest BCUT2D eigenvalue weighted by Gasteiger charge is 2.31. The van der Waals surface area contributed by atoms with Crippen molar-refractivity contribution in [3.8, 4) is 0 Å². The summed E-state index contributed by atoms with van der Waals surface area (Å²) in [5.74, 6) is 0.975. The van der Waals surface area contributed by atoms with Crippen molar-refractivity contribution >= 4 is 11.3 Å². The number of fused-ring (bicyclic) bond motifs is 1. The van der Waals surface area contributed by atoms with Crippen molar-refractivity contribution in [2.24, 2.45) is 5.73 Å². The highest BCUT2D eigenvalue weighted by molar-refractivity contribution is 7.10. The van der Waals surface area contributed by atoms with Crippen LogP contribution >= 0.6 is 11.3 Å². The zero-order valence-electron chi connectivity index (χ0n) is 10.5. The predicted molar refractivity (Wildman–Crippen MR) is 73.6 cm³/mol. The van der Waals surface area contributed by atoms with Gasteiger partial charge in [-0.25, -0.2) is 0 Å². The molecule has 3 nitrogen and oxygen atoms in total. The number of furan rings is 1. The molecule has 4 heteroatoms. The van der Waals surface area contributed by atoms with Gasteiger partial charge in [0.15, 0.2) is 0 Å². The van der Waals surface area contributed by atoms with E-state index in [2.05, 4.69) is 23.3 Å². The first-order valence-corrected chi connectivity index (χ1v) is 7.24. The molecule has 0 saturated carbocycles. The molecule has 2 unspecified atom stereocenters. The van der Waals surface area contributed by atoms with Crippen molar-refractivity contribution in [3.05, 3.63) is 46.0 Å². The Morgan fingerprint density at radius 2 is 2.44 bits per heavy atom. The summed E-state index contributed by atoms with van der Waals surface area (Å²) in [6, 6.07) is 6.80. The number of hydrogen-bond donors (Lipinski definition) is 1. The molecule has 0 aliphatic carbocycles. The van der Waals surface area contributed by atoms with Crippen LogP contribution in [0.2, 0.25) is 0 Å². The Bertz CT molecular complexity index is 506. The lowest BCUT2D eigenvalue weighted by Crippen LogP contribution is -2.39. The van der Waals surface area contributed by atoms with Crippen LogP contribution in [-0.2, 0) is 6.42 Å². The van der Waals surface area contributed by atoms with Crippen LogP contribution in [0.15, 0.2) is 34.3 Å². The summed E-state index contributed by atoms with van der Waals surface area (Å²) in [5.41, 5.74) is 7.41. The molecular weight excluding hydrogens is 244 g/mol. The second-order valence-electron chi connectivity index (χ2n) is 4.73. The van der Waals surface area contributed by atoms with Gasteiger partial charge in [0.05, 0.1) is 12.3 Å². The smallest absolute Gasteiger partial charge is 0.122 e. The van der Waals surface area contributed by atoms with Crippen LogP contribution in [0, 0.1) is 0 Å². The molecule has 0 saturated heterocycles. The molecule has 3 heterocycles. The first kappa shape index (κ1) is 12.0. The molecule has 0 radical (unpaired) electrons. The summed E-state index contributed by atoms with van der Waals surface area (Å²) < 4.78 is 5.54. The highest BCUT2D eigenvalue weighted by atomic mass is 32.1. The Morgan fingerprint density at radius 3 is 3.17 bits per heavy atom.